The zero-order chi connectivity index (χ0) is 14.0. The molecule has 0 spiro atoms. The highest BCUT2D eigenvalue weighted by Gasteiger charge is 2.20. The topological polar surface area (TPSA) is 106 Å². The van der Waals surface area contributed by atoms with Gasteiger partial charge in [-0.05, 0) is 30.6 Å². The van der Waals surface area contributed by atoms with Crippen LogP contribution in [0.25, 0.3) is 0 Å². The standard InChI is InChI=1S/C10H7N3O4S2/c1-5-11-10(19-12-5)18-6-2-3-8(13(16)17)7(4-6)9(14)15/h2-4H,1H3,(H,14,15). The van der Waals surface area contributed by atoms with E-state index in [9.17, 15) is 14.9 Å². The van der Waals surface area contributed by atoms with E-state index < -0.39 is 16.6 Å². The Labute approximate surface area is 115 Å². The molecule has 0 unspecified atom stereocenters. The second kappa shape index (κ2) is 5.33. The molecule has 1 aromatic carbocycles. The highest BCUT2D eigenvalue weighted by molar-refractivity contribution is 8.01. The Morgan fingerprint density at radius 3 is 2.79 bits per heavy atom. The molecule has 1 aromatic heterocycles. The van der Waals surface area contributed by atoms with Gasteiger partial charge in [-0.15, -0.1) is 0 Å². The number of nitrogens with zero attached hydrogens (tertiary/aromatic N) is 3. The Morgan fingerprint density at radius 2 is 2.26 bits per heavy atom. The summed E-state index contributed by atoms with van der Waals surface area (Å²) in [5.74, 6) is -0.699. The maximum atomic E-state index is 11.0. The number of hydrogen-bond acceptors (Lipinski definition) is 7. The molecule has 19 heavy (non-hydrogen) atoms. The lowest BCUT2D eigenvalue weighted by molar-refractivity contribution is -0.385. The summed E-state index contributed by atoms with van der Waals surface area (Å²) in [6, 6.07) is 3.94. The van der Waals surface area contributed by atoms with Crippen LogP contribution in [0, 0.1) is 17.0 Å². The normalized spacial score (nSPS) is 10.4. The molecular formula is C10H7N3O4S2. The largest absolute Gasteiger partial charge is 0.477 e. The average molecular weight is 297 g/mol. The van der Waals surface area contributed by atoms with Gasteiger partial charge in [-0.1, -0.05) is 11.8 Å². The lowest BCUT2D eigenvalue weighted by Crippen LogP contribution is -2.02. The number of carboxylic acids is 1. The third-order valence-corrected chi connectivity index (χ3v) is 3.94. The molecule has 0 bridgehead atoms. The minimum absolute atomic E-state index is 0.337. The quantitative estimate of drug-likeness (QED) is 0.682. The molecule has 0 atom stereocenters. The minimum Gasteiger partial charge on any atom is -0.477 e. The van der Waals surface area contributed by atoms with Gasteiger partial charge < -0.3 is 5.11 Å². The van der Waals surface area contributed by atoms with E-state index in [2.05, 4.69) is 9.36 Å². The first-order chi connectivity index (χ1) is 8.97. The van der Waals surface area contributed by atoms with Crippen molar-refractivity contribution in [2.45, 2.75) is 16.2 Å². The third-order valence-electron chi connectivity index (χ3n) is 2.11. The van der Waals surface area contributed by atoms with Gasteiger partial charge in [-0.3, -0.25) is 10.1 Å². The molecule has 0 aliphatic carbocycles. The van der Waals surface area contributed by atoms with E-state index in [1.54, 1.807) is 6.92 Å². The number of rotatable bonds is 4. The summed E-state index contributed by atoms with van der Waals surface area (Å²) in [4.78, 5) is 25.7. The fourth-order valence-corrected chi connectivity index (χ4v) is 3.00. The lowest BCUT2D eigenvalue weighted by Gasteiger charge is -2.01. The van der Waals surface area contributed by atoms with Crippen LogP contribution in [-0.4, -0.2) is 25.4 Å². The number of nitro groups is 1. The first-order valence-electron chi connectivity index (χ1n) is 4.97. The van der Waals surface area contributed by atoms with Gasteiger partial charge >= 0.3 is 5.97 Å². The Hall–Kier alpha value is -2.00. The molecule has 0 saturated carbocycles. The smallest absolute Gasteiger partial charge is 0.342 e. The second-order valence-electron chi connectivity index (χ2n) is 3.45. The Kier molecular flexibility index (Phi) is 3.76. The molecule has 7 nitrogen and oxygen atoms in total. The molecule has 0 fully saturated rings. The van der Waals surface area contributed by atoms with Crippen LogP contribution in [0.1, 0.15) is 16.2 Å². The molecule has 0 saturated heterocycles. The Balaban J connectivity index is 2.35. The van der Waals surface area contributed by atoms with Crippen LogP contribution in [0.15, 0.2) is 27.4 Å². The SMILES string of the molecule is Cc1nsc(Sc2ccc([N+](=O)[O-])c(C(=O)O)c2)n1. The molecule has 2 aromatic rings. The predicted molar refractivity (Wildman–Crippen MR) is 68.8 cm³/mol. The van der Waals surface area contributed by atoms with E-state index in [1.165, 1.54) is 41.5 Å². The first-order valence-corrected chi connectivity index (χ1v) is 6.56. The molecule has 0 aliphatic heterocycles. The van der Waals surface area contributed by atoms with Gasteiger partial charge in [0.05, 0.1) is 4.92 Å². The van der Waals surface area contributed by atoms with Crippen molar-refractivity contribution in [2.24, 2.45) is 0 Å². The molecule has 1 heterocycles. The summed E-state index contributed by atoms with van der Waals surface area (Å²) in [5, 5.41) is 19.7. The number of carbonyl (C=O) groups is 1. The summed E-state index contributed by atoms with van der Waals surface area (Å²) in [7, 11) is 0. The first kappa shape index (κ1) is 13.4. The van der Waals surface area contributed by atoms with Crippen LogP contribution in [0.2, 0.25) is 0 Å². The average Bonchev–Trinajstić information content (AvgIpc) is 2.74. The highest BCUT2D eigenvalue weighted by atomic mass is 32.2. The minimum atomic E-state index is -1.33. The maximum absolute atomic E-state index is 11.0. The molecule has 0 radical (unpaired) electrons. The van der Waals surface area contributed by atoms with Crippen molar-refractivity contribution in [3.63, 3.8) is 0 Å². The van der Waals surface area contributed by atoms with E-state index in [0.717, 1.165) is 0 Å². The van der Waals surface area contributed by atoms with Crippen LogP contribution >= 0.6 is 23.3 Å². The van der Waals surface area contributed by atoms with E-state index in [0.29, 0.717) is 15.1 Å². The summed E-state index contributed by atoms with van der Waals surface area (Å²) >= 11 is 2.41. The van der Waals surface area contributed by atoms with E-state index in [-0.39, 0.29) is 5.56 Å². The second-order valence-corrected chi connectivity index (χ2v) is 5.52. The predicted octanol–water partition coefficient (Wildman–Crippen LogP) is 2.60. The van der Waals surface area contributed by atoms with E-state index in [4.69, 9.17) is 5.11 Å². The Morgan fingerprint density at radius 1 is 1.53 bits per heavy atom. The lowest BCUT2D eigenvalue weighted by atomic mass is 10.2. The van der Waals surface area contributed by atoms with E-state index >= 15 is 0 Å². The van der Waals surface area contributed by atoms with Crippen molar-refractivity contribution in [2.75, 3.05) is 0 Å². The molecule has 9 heteroatoms. The summed E-state index contributed by atoms with van der Waals surface area (Å²) in [6.07, 6.45) is 0. The van der Waals surface area contributed by atoms with Crippen molar-refractivity contribution in [3.8, 4) is 0 Å². The van der Waals surface area contributed by atoms with Crippen LogP contribution in [-0.2, 0) is 0 Å². The molecule has 0 amide bonds. The maximum Gasteiger partial charge on any atom is 0.342 e. The summed E-state index contributed by atoms with van der Waals surface area (Å²) in [5.41, 5.74) is -0.762. The zero-order valence-corrected chi connectivity index (χ0v) is 11.2. The number of nitro benzene ring substituents is 1. The van der Waals surface area contributed by atoms with Gasteiger partial charge in [0.1, 0.15) is 11.4 Å². The monoisotopic (exact) mass is 297 g/mol. The van der Waals surface area contributed by atoms with Crippen LogP contribution < -0.4 is 0 Å². The number of hydrogen-bond donors (Lipinski definition) is 1. The fourth-order valence-electron chi connectivity index (χ4n) is 1.33. The third kappa shape index (κ3) is 3.06. The molecule has 0 aliphatic rings. The van der Waals surface area contributed by atoms with Gasteiger partial charge in [0.2, 0.25) is 0 Å². The van der Waals surface area contributed by atoms with Crippen molar-refractivity contribution < 1.29 is 14.8 Å². The summed E-state index contributed by atoms with van der Waals surface area (Å²) < 4.78 is 4.66. The van der Waals surface area contributed by atoms with Gasteiger partial charge in [-0.2, -0.15) is 4.37 Å². The molecule has 98 valence electrons. The number of aromatic carboxylic acids is 1. The number of carboxylic acid groups (broad SMARTS) is 1. The van der Waals surface area contributed by atoms with Crippen molar-refractivity contribution in [1.29, 1.82) is 0 Å². The van der Waals surface area contributed by atoms with Gasteiger partial charge in [0.25, 0.3) is 5.69 Å². The van der Waals surface area contributed by atoms with Crippen LogP contribution in [0.5, 0.6) is 0 Å². The van der Waals surface area contributed by atoms with Gasteiger partial charge in [-0.25, -0.2) is 9.78 Å². The van der Waals surface area contributed by atoms with Crippen molar-refractivity contribution in [3.05, 3.63) is 39.7 Å². The van der Waals surface area contributed by atoms with Crippen molar-refractivity contribution in [1.82, 2.24) is 9.36 Å². The van der Waals surface area contributed by atoms with Gasteiger partial charge in [0.15, 0.2) is 4.34 Å². The van der Waals surface area contributed by atoms with Crippen LogP contribution in [0.4, 0.5) is 5.69 Å². The fraction of sp³-hybridized carbons (Fsp3) is 0.100. The van der Waals surface area contributed by atoms with Crippen LogP contribution in [0.3, 0.4) is 0 Å². The number of benzene rings is 1. The van der Waals surface area contributed by atoms with E-state index in [1.807, 2.05) is 0 Å². The number of aryl methyl sites for hydroxylation is 1. The Bertz CT molecular complexity index is 656. The molecule has 2 rings (SSSR count). The van der Waals surface area contributed by atoms with Gasteiger partial charge in [0, 0.05) is 11.0 Å². The number of aromatic nitrogens is 2. The molecular weight excluding hydrogens is 290 g/mol. The zero-order valence-electron chi connectivity index (χ0n) is 9.56. The molecule has 1 N–H and O–H groups in total. The summed E-state index contributed by atoms with van der Waals surface area (Å²) in [6.45, 7) is 1.75. The highest BCUT2D eigenvalue weighted by Crippen LogP contribution is 2.32. The van der Waals surface area contributed by atoms with Crippen molar-refractivity contribution >= 4 is 35.0 Å².